The highest BCUT2D eigenvalue weighted by molar-refractivity contribution is 5.66. The van der Waals surface area contributed by atoms with Crippen molar-refractivity contribution in [1.29, 1.82) is 0 Å². The minimum atomic E-state index is -0.550. The summed E-state index contributed by atoms with van der Waals surface area (Å²) in [5.41, 5.74) is 6.90. The number of hydrogen-bond donors (Lipinski definition) is 1. The fraction of sp³-hybridized carbons (Fsp3) is 0.250. The van der Waals surface area contributed by atoms with Gasteiger partial charge in [-0.25, -0.2) is 0 Å². The number of nitro benzene ring substituents is 1. The van der Waals surface area contributed by atoms with Crippen LogP contribution in [0.2, 0.25) is 0 Å². The first kappa shape index (κ1) is 12.9. The van der Waals surface area contributed by atoms with E-state index in [-0.39, 0.29) is 17.1 Å². The Bertz CT molecular complexity index is 649. The highest BCUT2D eigenvalue weighted by Gasteiger charge is 2.22. The molecular formula is C12H14N4O3. The summed E-state index contributed by atoms with van der Waals surface area (Å²) < 4.78 is 7.28. The van der Waals surface area contributed by atoms with Crippen LogP contribution in [0.25, 0.3) is 0 Å². The molecule has 1 aromatic heterocycles. The van der Waals surface area contributed by atoms with Crippen LogP contribution >= 0.6 is 0 Å². The number of nitrogens with two attached hydrogens (primary N) is 1. The molecule has 0 radical (unpaired) electrons. The van der Waals surface area contributed by atoms with Crippen LogP contribution in [0, 0.1) is 24.0 Å². The van der Waals surface area contributed by atoms with Gasteiger partial charge in [-0.15, -0.1) is 0 Å². The smallest absolute Gasteiger partial charge is 0.334 e. The number of ether oxygens (including phenoxy) is 1. The minimum absolute atomic E-state index is 0.0710. The summed E-state index contributed by atoms with van der Waals surface area (Å²) in [5.74, 6) is 0.625. The second kappa shape index (κ2) is 4.60. The van der Waals surface area contributed by atoms with Crippen LogP contribution in [-0.4, -0.2) is 14.7 Å². The maximum atomic E-state index is 11.0. The molecule has 0 amide bonds. The number of aryl methyl sites for hydroxylation is 2. The van der Waals surface area contributed by atoms with Crippen molar-refractivity contribution < 1.29 is 9.66 Å². The molecule has 19 heavy (non-hydrogen) atoms. The van der Waals surface area contributed by atoms with Crippen molar-refractivity contribution in [3.8, 4) is 11.5 Å². The summed E-state index contributed by atoms with van der Waals surface area (Å²) in [4.78, 5) is 10.5. The third kappa shape index (κ3) is 2.22. The molecule has 2 aromatic rings. The van der Waals surface area contributed by atoms with E-state index in [0.717, 1.165) is 5.69 Å². The van der Waals surface area contributed by atoms with E-state index in [1.807, 2.05) is 6.92 Å². The Balaban J connectivity index is 2.50. The van der Waals surface area contributed by atoms with Gasteiger partial charge in [0.05, 0.1) is 10.6 Å². The number of nitro groups is 1. The van der Waals surface area contributed by atoms with Crippen LogP contribution in [0.5, 0.6) is 11.5 Å². The molecule has 0 saturated carbocycles. The molecule has 0 aliphatic carbocycles. The van der Waals surface area contributed by atoms with Crippen molar-refractivity contribution >= 4 is 11.4 Å². The zero-order chi connectivity index (χ0) is 14.2. The fourth-order valence-corrected chi connectivity index (χ4v) is 1.83. The van der Waals surface area contributed by atoms with Gasteiger partial charge in [-0.05, 0) is 26.0 Å². The van der Waals surface area contributed by atoms with E-state index in [0.29, 0.717) is 11.4 Å². The molecule has 0 fully saturated rings. The van der Waals surface area contributed by atoms with Crippen LogP contribution < -0.4 is 10.5 Å². The zero-order valence-corrected chi connectivity index (χ0v) is 10.9. The maximum absolute atomic E-state index is 11.0. The van der Waals surface area contributed by atoms with Gasteiger partial charge in [-0.1, -0.05) is 6.07 Å². The molecular weight excluding hydrogens is 248 g/mol. The second-order valence-electron chi connectivity index (χ2n) is 4.18. The third-order valence-electron chi connectivity index (χ3n) is 2.87. The van der Waals surface area contributed by atoms with Gasteiger partial charge in [0.1, 0.15) is 11.4 Å². The molecule has 2 N–H and O–H groups in total. The Hall–Kier alpha value is -2.57. The molecule has 1 heterocycles. The fourth-order valence-electron chi connectivity index (χ4n) is 1.83. The van der Waals surface area contributed by atoms with Gasteiger partial charge in [-0.2, -0.15) is 5.10 Å². The topological polar surface area (TPSA) is 96.2 Å². The molecule has 0 saturated heterocycles. The van der Waals surface area contributed by atoms with Crippen LogP contribution in [0.15, 0.2) is 18.2 Å². The van der Waals surface area contributed by atoms with Gasteiger partial charge in [0, 0.05) is 7.05 Å². The number of para-hydroxylation sites is 1. The summed E-state index contributed by atoms with van der Waals surface area (Å²) in [7, 11) is 1.78. The maximum Gasteiger partial charge on any atom is 0.334 e. The highest BCUT2D eigenvalue weighted by Crippen LogP contribution is 2.37. The van der Waals surface area contributed by atoms with E-state index in [2.05, 4.69) is 5.10 Å². The van der Waals surface area contributed by atoms with E-state index < -0.39 is 4.92 Å². The van der Waals surface area contributed by atoms with Gasteiger partial charge < -0.3 is 10.5 Å². The Morgan fingerprint density at radius 2 is 2.11 bits per heavy atom. The molecule has 7 nitrogen and oxygen atoms in total. The molecule has 100 valence electrons. The van der Waals surface area contributed by atoms with E-state index >= 15 is 0 Å². The number of anilines is 1. The van der Waals surface area contributed by atoms with Crippen molar-refractivity contribution in [3.63, 3.8) is 0 Å². The first-order valence-corrected chi connectivity index (χ1v) is 5.62. The number of aromatic nitrogens is 2. The monoisotopic (exact) mass is 262 g/mol. The molecule has 0 spiro atoms. The van der Waals surface area contributed by atoms with Crippen LogP contribution in [0.4, 0.5) is 11.4 Å². The van der Waals surface area contributed by atoms with Crippen molar-refractivity contribution in [1.82, 2.24) is 9.78 Å². The van der Waals surface area contributed by atoms with E-state index in [1.165, 1.54) is 12.1 Å². The van der Waals surface area contributed by atoms with Gasteiger partial charge in [0.15, 0.2) is 5.75 Å². The lowest BCUT2D eigenvalue weighted by molar-refractivity contribution is -0.384. The van der Waals surface area contributed by atoms with Crippen molar-refractivity contribution in [2.24, 2.45) is 7.05 Å². The quantitative estimate of drug-likeness (QED) is 0.520. The van der Waals surface area contributed by atoms with Crippen molar-refractivity contribution in [2.45, 2.75) is 13.8 Å². The summed E-state index contributed by atoms with van der Waals surface area (Å²) in [5, 5.41) is 15.2. The summed E-state index contributed by atoms with van der Waals surface area (Å²) >= 11 is 0. The predicted octanol–water partition coefficient (Wildman–Crippen LogP) is 2.32. The minimum Gasteiger partial charge on any atom is -0.446 e. The molecule has 0 unspecified atom stereocenters. The Morgan fingerprint density at radius 1 is 1.42 bits per heavy atom. The average Bonchev–Trinajstić information content (AvgIpc) is 2.55. The number of hydrogen-bond acceptors (Lipinski definition) is 5. The lowest BCUT2D eigenvalue weighted by atomic mass is 10.2. The predicted molar refractivity (Wildman–Crippen MR) is 70.3 cm³/mol. The highest BCUT2D eigenvalue weighted by atomic mass is 16.6. The van der Waals surface area contributed by atoms with Gasteiger partial charge >= 0.3 is 5.69 Å². The standard InChI is InChI=1S/C12H14N4O3/c1-7-12(8(2)15(3)14-7)19-10-6-4-5-9(13)11(10)16(17)18/h4-6H,13H2,1-3H3. The SMILES string of the molecule is Cc1nn(C)c(C)c1Oc1cccc(N)c1[N+](=O)[O-]. The van der Waals surface area contributed by atoms with E-state index in [1.54, 1.807) is 24.7 Å². The number of rotatable bonds is 3. The molecule has 0 atom stereocenters. The zero-order valence-electron chi connectivity index (χ0n) is 10.9. The van der Waals surface area contributed by atoms with E-state index in [9.17, 15) is 10.1 Å². The largest absolute Gasteiger partial charge is 0.446 e. The van der Waals surface area contributed by atoms with Crippen molar-refractivity contribution in [2.75, 3.05) is 5.73 Å². The van der Waals surface area contributed by atoms with Gasteiger partial charge in [0.25, 0.3) is 0 Å². The third-order valence-corrected chi connectivity index (χ3v) is 2.87. The first-order valence-electron chi connectivity index (χ1n) is 5.62. The Morgan fingerprint density at radius 3 is 2.63 bits per heavy atom. The van der Waals surface area contributed by atoms with E-state index in [4.69, 9.17) is 10.5 Å². The summed E-state index contributed by atoms with van der Waals surface area (Å²) in [6.45, 7) is 3.61. The molecule has 2 rings (SSSR count). The lowest BCUT2D eigenvalue weighted by Gasteiger charge is -2.07. The lowest BCUT2D eigenvalue weighted by Crippen LogP contribution is -1.99. The molecule has 0 bridgehead atoms. The second-order valence-corrected chi connectivity index (χ2v) is 4.18. The number of benzene rings is 1. The normalized spacial score (nSPS) is 10.5. The average molecular weight is 262 g/mol. The van der Waals surface area contributed by atoms with Crippen LogP contribution in [0.1, 0.15) is 11.4 Å². The molecule has 0 aliphatic heterocycles. The molecule has 7 heteroatoms. The van der Waals surface area contributed by atoms with Crippen LogP contribution in [0.3, 0.4) is 0 Å². The van der Waals surface area contributed by atoms with Crippen LogP contribution in [-0.2, 0) is 7.05 Å². The molecule has 1 aromatic carbocycles. The van der Waals surface area contributed by atoms with Gasteiger partial charge in [-0.3, -0.25) is 14.8 Å². The number of nitrogens with zero attached hydrogens (tertiary/aromatic N) is 3. The first-order chi connectivity index (χ1) is 8.91. The Kier molecular flexibility index (Phi) is 3.12. The summed E-state index contributed by atoms with van der Waals surface area (Å²) in [6, 6.07) is 4.59. The van der Waals surface area contributed by atoms with Gasteiger partial charge in [0.2, 0.25) is 5.75 Å². The Labute approximate surface area is 109 Å². The summed E-state index contributed by atoms with van der Waals surface area (Å²) in [6.07, 6.45) is 0. The van der Waals surface area contributed by atoms with Crippen molar-refractivity contribution in [3.05, 3.63) is 39.7 Å². The number of nitrogen functional groups attached to an aromatic ring is 1. The molecule has 0 aliphatic rings.